The smallest absolute Gasteiger partial charge is 0.257 e. The Kier molecular flexibility index (Phi) is 4.94. The highest BCUT2D eigenvalue weighted by atomic mass is 35.5. The van der Waals surface area contributed by atoms with Crippen LogP contribution in [0.5, 0.6) is 0 Å². The SMILES string of the molecule is Cn1ncc2cc(NC(=O)c3cc(F)c(-c4ccc(F)cc4Cl)cc3Cl)cnc21. The first-order valence-corrected chi connectivity index (χ1v) is 9.12. The number of halogens is 4. The number of hydrogen-bond donors (Lipinski definition) is 1. The number of anilines is 1. The van der Waals surface area contributed by atoms with Crippen LogP contribution in [0.2, 0.25) is 10.0 Å². The van der Waals surface area contributed by atoms with Gasteiger partial charge < -0.3 is 5.32 Å². The number of fused-ring (bicyclic) bond motifs is 1. The minimum Gasteiger partial charge on any atom is -0.321 e. The van der Waals surface area contributed by atoms with Crippen molar-refractivity contribution in [2.75, 3.05) is 5.32 Å². The lowest BCUT2D eigenvalue weighted by Gasteiger charge is -2.11. The largest absolute Gasteiger partial charge is 0.321 e. The molecule has 0 aliphatic rings. The van der Waals surface area contributed by atoms with E-state index in [9.17, 15) is 13.6 Å². The molecule has 0 aliphatic carbocycles. The minimum absolute atomic E-state index is 0.0229. The Hall–Kier alpha value is -3.03. The number of pyridine rings is 1. The Morgan fingerprint density at radius 1 is 1.03 bits per heavy atom. The quantitative estimate of drug-likeness (QED) is 0.466. The van der Waals surface area contributed by atoms with Gasteiger partial charge in [0.05, 0.1) is 33.7 Å². The van der Waals surface area contributed by atoms with E-state index < -0.39 is 17.5 Å². The molecule has 1 amide bonds. The molecule has 4 aromatic rings. The highest BCUT2D eigenvalue weighted by Gasteiger charge is 2.18. The highest BCUT2D eigenvalue weighted by Crippen LogP contribution is 2.34. The van der Waals surface area contributed by atoms with Gasteiger partial charge >= 0.3 is 0 Å². The highest BCUT2D eigenvalue weighted by molar-refractivity contribution is 6.35. The third-order valence-corrected chi connectivity index (χ3v) is 4.98. The van der Waals surface area contributed by atoms with E-state index in [1.54, 1.807) is 24.0 Å². The van der Waals surface area contributed by atoms with Gasteiger partial charge in [-0.2, -0.15) is 5.10 Å². The lowest BCUT2D eigenvalue weighted by atomic mass is 10.0. The van der Waals surface area contributed by atoms with Crippen LogP contribution >= 0.6 is 23.2 Å². The topological polar surface area (TPSA) is 59.8 Å². The number of carbonyl (C=O) groups excluding carboxylic acids is 1. The number of aryl methyl sites for hydroxylation is 1. The van der Waals surface area contributed by atoms with Crippen molar-refractivity contribution in [1.29, 1.82) is 0 Å². The van der Waals surface area contributed by atoms with Gasteiger partial charge in [-0.15, -0.1) is 0 Å². The van der Waals surface area contributed by atoms with Crippen molar-refractivity contribution in [3.63, 3.8) is 0 Å². The molecule has 0 atom stereocenters. The molecule has 0 bridgehead atoms. The first kappa shape index (κ1) is 19.3. The van der Waals surface area contributed by atoms with E-state index in [4.69, 9.17) is 23.2 Å². The lowest BCUT2D eigenvalue weighted by Crippen LogP contribution is -2.13. The zero-order valence-corrected chi connectivity index (χ0v) is 16.4. The van der Waals surface area contributed by atoms with Crippen molar-refractivity contribution in [2.45, 2.75) is 0 Å². The average Bonchev–Trinajstić information content (AvgIpc) is 3.04. The molecule has 0 unspecified atom stereocenters. The van der Waals surface area contributed by atoms with Crippen LogP contribution < -0.4 is 5.32 Å². The molecule has 0 aliphatic heterocycles. The normalized spacial score (nSPS) is 11.1. The van der Waals surface area contributed by atoms with E-state index in [-0.39, 0.29) is 26.7 Å². The summed E-state index contributed by atoms with van der Waals surface area (Å²) < 4.78 is 29.5. The Balaban J connectivity index is 1.65. The third kappa shape index (κ3) is 3.66. The number of carbonyl (C=O) groups is 1. The van der Waals surface area contributed by atoms with Gasteiger partial charge in [-0.3, -0.25) is 9.48 Å². The maximum absolute atomic E-state index is 14.7. The average molecular weight is 433 g/mol. The van der Waals surface area contributed by atoms with Gasteiger partial charge in [0.15, 0.2) is 5.65 Å². The number of hydrogen-bond acceptors (Lipinski definition) is 3. The molecule has 0 spiro atoms. The molecule has 0 saturated heterocycles. The fraction of sp³-hybridized carbons (Fsp3) is 0.0500. The van der Waals surface area contributed by atoms with Gasteiger partial charge in [0.2, 0.25) is 0 Å². The summed E-state index contributed by atoms with van der Waals surface area (Å²) in [5.74, 6) is -1.86. The summed E-state index contributed by atoms with van der Waals surface area (Å²) in [6, 6.07) is 7.59. The third-order valence-electron chi connectivity index (χ3n) is 4.35. The first-order chi connectivity index (χ1) is 13.8. The van der Waals surface area contributed by atoms with Crippen molar-refractivity contribution in [2.24, 2.45) is 7.05 Å². The van der Waals surface area contributed by atoms with Crippen LogP contribution in [0.3, 0.4) is 0 Å². The van der Waals surface area contributed by atoms with Gasteiger partial charge in [-0.1, -0.05) is 23.2 Å². The Labute approximate surface area is 173 Å². The fourth-order valence-electron chi connectivity index (χ4n) is 2.95. The molecule has 2 aromatic carbocycles. The van der Waals surface area contributed by atoms with Crippen LogP contribution in [0.4, 0.5) is 14.5 Å². The van der Waals surface area contributed by atoms with E-state index in [0.717, 1.165) is 23.6 Å². The molecule has 29 heavy (non-hydrogen) atoms. The molecule has 0 saturated carbocycles. The van der Waals surface area contributed by atoms with Crippen LogP contribution in [0.1, 0.15) is 10.4 Å². The second-order valence-corrected chi connectivity index (χ2v) is 7.11. The van der Waals surface area contributed by atoms with E-state index >= 15 is 0 Å². The zero-order valence-electron chi connectivity index (χ0n) is 14.9. The number of aromatic nitrogens is 3. The molecule has 1 N–H and O–H groups in total. The minimum atomic E-state index is -0.714. The van der Waals surface area contributed by atoms with Crippen LogP contribution in [0.15, 0.2) is 48.8 Å². The van der Waals surface area contributed by atoms with Crippen molar-refractivity contribution >= 4 is 45.8 Å². The summed E-state index contributed by atoms with van der Waals surface area (Å²) in [4.78, 5) is 16.8. The maximum Gasteiger partial charge on any atom is 0.257 e. The predicted octanol–water partition coefficient (Wildman–Crippen LogP) is 5.47. The molecule has 4 rings (SSSR count). The number of rotatable bonds is 3. The molecule has 5 nitrogen and oxygen atoms in total. The number of amides is 1. The van der Waals surface area contributed by atoms with Crippen molar-refractivity contribution in [1.82, 2.24) is 14.8 Å². The maximum atomic E-state index is 14.7. The van der Waals surface area contributed by atoms with Crippen LogP contribution in [-0.2, 0) is 7.05 Å². The lowest BCUT2D eigenvalue weighted by molar-refractivity contribution is 0.102. The predicted molar refractivity (Wildman–Crippen MR) is 108 cm³/mol. The van der Waals surface area contributed by atoms with Crippen molar-refractivity contribution in [3.05, 3.63) is 76.0 Å². The van der Waals surface area contributed by atoms with Gasteiger partial charge in [0.1, 0.15) is 11.6 Å². The van der Waals surface area contributed by atoms with Crippen molar-refractivity contribution < 1.29 is 13.6 Å². The molecule has 9 heteroatoms. The van der Waals surface area contributed by atoms with E-state index in [0.29, 0.717) is 11.3 Å². The fourth-order valence-corrected chi connectivity index (χ4v) is 3.46. The number of nitrogens with one attached hydrogen (secondary N) is 1. The summed E-state index contributed by atoms with van der Waals surface area (Å²) in [5.41, 5.74) is 1.35. The molecule has 146 valence electrons. The zero-order chi connectivity index (χ0) is 20.7. The summed E-state index contributed by atoms with van der Waals surface area (Å²) in [5, 5.41) is 7.53. The summed E-state index contributed by atoms with van der Waals surface area (Å²) in [6.07, 6.45) is 3.09. The van der Waals surface area contributed by atoms with E-state index in [1.165, 1.54) is 18.3 Å². The second-order valence-electron chi connectivity index (χ2n) is 6.30. The molecular formula is C20H12Cl2F2N4O. The Bertz CT molecular complexity index is 1270. The molecule has 0 radical (unpaired) electrons. The van der Waals surface area contributed by atoms with Gasteiger partial charge in [-0.25, -0.2) is 13.8 Å². The van der Waals surface area contributed by atoms with Crippen molar-refractivity contribution in [3.8, 4) is 11.1 Å². The molecular weight excluding hydrogens is 421 g/mol. The monoisotopic (exact) mass is 432 g/mol. The number of nitrogens with zero attached hydrogens (tertiary/aromatic N) is 3. The van der Waals surface area contributed by atoms with Crippen LogP contribution in [0.25, 0.3) is 22.2 Å². The van der Waals surface area contributed by atoms with E-state index in [2.05, 4.69) is 15.4 Å². The van der Waals surface area contributed by atoms with Crippen LogP contribution in [-0.4, -0.2) is 20.7 Å². The van der Waals surface area contributed by atoms with Gasteiger partial charge in [0.25, 0.3) is 5.91 Å². The summed E-state index contributed by atoms with van der Waals surface area (Å²) >= 11 is 12.2. The summed E-state index contributed by atoms with van der Waals surface area (Å²) in [6.45, 7) is 0. The van der Waals surface area contributed by atoms with Crippen LogP contribution in [0, 0.1) is 11.6 Å². The molecule has 2 aromatic heterocycles. The Morgan fingerprint density at radius 2 is 1.83 bits per heavy atom. The standard InChI is InChI=1S/C20H12Cl2F2N4O/c1-28-19-10(8-26-28)4-12(9-25-19)27-20(29)15-7-18(24)14(6-17(15)22)13-3-2-11(23)5-16(13)21/h2-9H,1H3,(H,27,29). The van der Waals surface area contributed by atoms with Gasteiger partial charge in [-0.05, 0) is 36.4 Å². The Morgan fingerprint density at radius 3 is 2.59 bits per heavy atom. The molecule has 2 heterocycles. The second kappa shape index (κ2) is 7.42. The first-order valence-electron chi connectivity index (χ1n) is 8.37. The van der Waals surface area contributed by atoms with E-state index in [1.807, 2.05) is 0 Å². The molecule has 0 fully saturated rings. The summed E-state index contributed by atoms with van der Waals surface area (Å²) in [7, 11) is 1.76. The number of benzene rings is 2. The van der Waals surface area contributed by atoms with Gasteiger partial charge in [0, 0.05) is 23.6 Å².